The van der Waals surface area contributed by atoms with Gasteiger partial charge in [0.1, 0.15) is 0 Å². The molecule has 2 heterocycles. The number of hydrogen-bond donors (Lipinski definition) is 0. The lowest BCUT2D eigenvalue weighted by molar-refractivity contribution is -0.193. The first-order chi connectivity index (χ1) is 9.77. The highest BCUT2D eigenvalue weighted by Crippen LogP contribution is 2.26. The first-order valence-electron chi connectivity index (χ1n) is 5.36. The van der Waals surface area contributed by atoms with Crippen LogP contribution in [0.4, 0.5) is 13.2 Å². The van der Waals surface area contributed by atoms with Crippen LogP contribution in [-0.2, 0) is 9.53 Å². The minimum absolute atomic E-state index is 0.364. The average Bonchev–Trinajstić information content (AvgIpc) is 2.87. The molecule has 2 rings (SSSR count). The van der Waals surface area contributed by atoms with E-state index in [1.807, 2.05) is 0 Å². The highest BCUT2D eigenvalue weighted by molar-refractivity contribution is 7.16. The van der Waals surface area contributed by atoms with Crippen molar-refractivity contribution in [1.29, 1.82) is 0 Å². The Morgan fingerprint density at radius 1 is 1.29 bits per heavy atom. The molecule has 0 radical (unpaired) electrons. The molecule has 0 aliphatic heterocycles. The number of carbonyl (C=O) groups excluding carboxylic acids is 2. The Morgan fingerprint density at radius 2 is 2.00 bits per heavy atom. The Kier molecular flexibility index (Phi) is 3.98. The van der Waals surface area contributed by atoms with E-state index in [1.165, 1.54) is 12.4 Å². The molecule has 2 aromatic heterocycles. The molecule has 21 heavy (non-hydrogen) atoms. The summed E-state index contributed by atoms with van der Waals surface area (Å²) in [4.78, 5) is 26.1. The van der Waals surface area contributed by atoms with Crippen molar-refractivity contribution in [2.75, 3.05) is 0 Å². The Morgan fingerprint density at radius 3 is 2.62 bits per heavy atom. The van der Waals surface area contributed by atoms with Crippen LogP contribution in [0, 0.1) is 6.92 Å². The summed E-state index contributed by atoms with van der Waals surface area (Å²) in [5.74, 6) is -4.03. The fraction of sp³-hybridized carbons (Fsp3) is 0.182. The highest BCUT2D eigenvalue weighted by Gasteiger charge is 2.42. The zero-order valence-electron chi connectivity index (χ0n) is 10.3. The van der Waals surface area contributed by atoms with Gasteiger partial charge in [-0.2, -0.15) is 23.4 Å². The largest absolute Gasteiger partial charge is 0.491 e. The van der Waals surface area contributed by atoms with Gasteiger partial charge in [0.2, 0.25) is 5.01 Å². The van der Waals surface area contributed by atoms with E-state index >= 15 is 0 Å². The first-order valence-corrected chi connectivity index (χ1v) is 6.18. The summed E-state index contributed by atoms with van der Waals surface area (Å²) in [6, 6.07) is 1.66. The molecule has 0 unspecified atom stereocenters. The predicted octanol–water partition coefficient (Wildman–Crippen LogP) is 2.15. The average molecular weight is 317 g/mol. The quantitative estimate of drug-likeness (QED) is 0.623. The van der Waals surface area contributed by atoms with Crippen molar-refractivity contribution in [1.82, 2.24) is 15.2 Å². The standard InChI is InChI=1S/C11H6F3N3O3S/c1-5-2-6(3-16-17-5)7-4-15-8(21-7)9(18)20-10(19)11(12,13)14/h2-4H,1H3. The molecule has 0 spiro atoms. The molecule has 2 aromatic rings. The zero-order chi connectivity index (χ0) is 15.6. The summed E-state index contributed by atoms with van der Waals surface area (Å²) in [6.07, 6.45) is -2.55. The molecule has 110 valence electrons. The maximum atomic E-state index is 12.0. The van der Waals surface area contributed by atoms with E-state index in [0.717, 1.165) is 11.3 Å². The summed E-state index contributed by atoms with van der Waals surface area (Å²) < 4.78 is 39.6. The predicted molar refractivity (Wildman–Crippen MR) is 64.4 cm³/mol. The minimum atomic E-state index is -5.23. The maximum Gasteiger partial charge on any atom is 0.491 e. The Bertz CT molecular complexity index is 699. The van der Waals surface area contributed by atoms with Gasteiger partial charge in [-0.1, -0.05) is 0 Å². The van der Waals surface area contributed by atoms with Crippen molar-refractivity contribution in [2.45, 2.75) is 13.1 Å². The van der Waals surface area contributed by atoms with Crippen molar-refractivity contribution in [3.05, 3.63) is 29.2 Å². The van der Waals surface area contributed by atoms with Gasteiger partial charge in [-0.3, -0.25) is 0 Å². The Labute approximate surface area is 119 Å². The lowest BCUT2D eigenvalue weighted by Crippen LogP contribution is -2.27. The second kappa shape index (κ2) is 5.56. The van der Waals surface area contributed by atoms with E-state index in [0.29, 0.717) is 16.1 Å². The summed E-state index contributed by atoms with van der Waals surface area (Å²) in [6.45, 7) is 1.70. The molecule has 0 N–H and O–H groups in total. The van der Waals surface area contributed by atoms with Crippen LogP contribution in [0.15, 0.2) is 18.5 Å². The Hall–Kier alpha value is -2.36. The molecule has 0 aliphatic rings. The molecule has 0 saturated heterocycles. The van der Waals surface area contributed by atoms with E-state index in [9.17, 15) is 22.8 Å². The summed E-state index contributed by atoms with van der Waals surface area (Å²) in [5, 5.41) is 7.09. The number of nitrogens with zero attached hydrogens (tertiary/aromatic N) is 3. The molecule has 6 nitrogen and oxygen atoms in total. The molecule has 0 amide bonds. The number of halogens is 3. The van der Waals surface area contributed by atoms with Crippen LogP contribution in [0.2, 0.25) is 0 Å². The third-order valence-electron chi connectivity index (χ3n) is 2.16. The molecule has 10 heteroatoms. The van der Waals surface area contributed by atoms with Crippen LogP contribution in [0.1, 0.15) is 15.5 Å². The molecule has 0 aliphatic carbocycles. The summed E-state index contributed by atoms with van der Waals surface area (Å²) in [5.41, 5.74) is 1.22. The van der Waals surface area contributed by atoms with E-state index in [4.69, 9.17) is 0 Å². The van der Waals surface area contributed by atoms with Gasteiger partial charge in [0.15, 0.2) is 0 Å². The van der Waals surface area contributed by atoms with Crippen molar-refractivity contribution in [3.63, 3.8) is 0 Å². The van der Waals surface area contributed by atoms with Crippen LogP contribution < -0.4 is 0 Å². The van der Waals surface area contributed by atoms with E-state index in [-0.39, 0.29) is 5.01 Å². The number of hydrogen-bond acceptors (Lipinski definition) is 7. The van der Waals surface area contributed by atoms with Gasteiger partial charge in [0, 0.05) is 11.8 Å². The zero-order valence-corrected chi connectivity index (χ0v) is 11.2. The summed E-state index contributed by atoms with van der Waals surface area (Å²) >= 11 is 0.782. The number of thiazole rings is 1. The van der Waals surface area contributed by atoms with Crippen LogP contribution >= 0.6 is 11.3 Å². The first kappa shape index (κ1) is 15.0. The van der Waals surface area contributed by atoms with Crippen molar-refractivity contribution in [3.8, 4) is 10.4 Å². The van der Waals surface area contributed by atoms with Crippen LogP contribution in [-0.4, -0.2) is 33.3 Å². The lowest BCUT2D eigenvalue weighted by atomic mass is 10.2. The number of aromatic nitrogens is 3. The smallest absolute Gasteiger partial charge is 0.381 e. The van der Waals surface area contributed by atoms with E-state index in [1.54, 1.807) is 13.0 Å². The molecular weight excluding hydrogens is 311 g/mol. The third kappa shape index (κ3) is 3.60. The topological polar surface area (TPSA) is 82.0 Å². The van der Waals surface area contributed by atoms with Crippen molar-refractivity contribution >= 4 is 23.3 Å². The fourth-order valence-electron chi connectivity index (χ4n) is 1.30. The molecule has 0 saturated carbocycles. The van der Waals surface area contributed by atoms with Crippen LogP contribution in [0.5, 0.6) is 0 Å². The number of alkyl halides is 3. The van der Waals surface area contributed by atoms with Crippen LogP contribution in [0.25, 0.3) is 10.4 Å². The molecule has 0 bridgehead atoms. The molecule has 0 aromatic carbocycles. The Balaban J connectivity index is 2.17. The maximum absolute atomic E-state index is 12.0. The lowest BCUT2D eigenvalue weighted by Gasteiger charge is -2.03. The SMILES string of the molecule is Cc1cc(-c2cnc(C(=O)OC(=O)C(F)(F)F)s2)cnn1. The number of esters is 2. The van der Waals surface area contributed by atoms with Gasteiger partial charge < -0.3 is 4.74 Å². The van der Waals surface area contributed by atoms with Crippen molar-refractivity contribution in [2.24, 2.45) is 0 Å². The monoisotopic (exact) mass is 317 g/mol. The normalized spacial score (nSPS) is 11.2. The highest BCUT2D eigenvalue weighted by atomic mass is 32.1. The summed E-state index contributed by atoms with van der Waals surface area (Å²) in [7, 11) is 0. The van der Waals surface area contributed by atoms with E-state index < -0.39 is 18.1 Å². The van der Waals surface area contributed by atoms with Gasteiger partial charge >= 0.3 is 18.1 Å². The van der Waals surface area contributed by atoms with Gasteiger partial charge in [0.05, 0.1) is 16.8 Å². The number of aryl methyl sites for hydroxylation is 1. The van der Waals surface area contributed by atoms with Gasteiger partial charge in [-0.25, -0.2) is 14.6 Å². The van der Waals surface area contributed by atoms with Crippen LogP contribution in [0.3, 0.4) is 0 Å². The molecule has 0 fully saturated rings. The van der Waals surface area contributed by atoms with Crippen molar-refractivity contribution < 1.29 is 27.5 Å². The minimum Gasteiger partial charge on any atom is -0.381 e. The van der Waals surface area contributed by atoms with Gasteiger partial charge in [0.25, 0.3) is 0 Å². The number of ether oxygens (including phenoxy) is 1. The number of rotatable bonds is 2. The van der Waals surface area contributed by atoms with Gasteiger partial charge in [-0.15, -0.1) is 11.3 Å². The second-order valence-corrected chi connectivity index (χ2v) is 4.82. The van der Waals surface area contributed by atoms with Gasteiger partial charge in [-0.05, 0) is 13.0 Å². The number of carbonyl (C=O) groups is 2. The third-order valence-corrected chi connectivity index (χ3v) is 3.18. The van der Waals surface area contributed by atoms with E-state index in [2.05, 4.69) is 19.9 Å². The molecular formula is C11H6F3N3O3S. The fourth-order valence-corrected chi connectivity index (χ4v) is 2.07. The molecule has 0 atom stereocenters. The second-order valence-electron chi connectivity index (χ2n) is 3.79.